The minimum absolute atomic E-state index is 0.116. The third-order valence-electron chi connectivity index (χ3n) is 6.53. The molecule has 0 amide bonds. The molecule has 34 heavy (non-hydrogen) atoms. The lowest BCUT2D eigenvalue weighted by Crippen LogP contribution is -2.18. The van der Waals surface area contributed by atoms with E-state index in [2.05, 4.69) is 32.3 Å². The normalized spacial score (nSPS) is 12.6. The van der Waals surface area contributed by atoms with E-state index in [0.29, 0.717) is 18.6 Å². The number of H-pyrrole nitrogens is 1. The van der Waals surface area contributed by atoms with Crippen LogP contribution in [0.3, 0.4) is 0 Å². The molecule has 0 spiro atoms. The summed E-state index contributed by atoms with van der Waals surface area (Å²) in [5, 5.41) is 4.44. The Morgan fingerprint density at radius 3 is 2.68 bits per heavy atom. The van der Waals surface area contributed by atoms with E-state index in [-0.39, 0.29) is 11.4 Å². The molecule has 0 aliphatic carbocycles. The molecule has 0 unspecified atom stereocenters. The number of imidazole rings is 1. The summed E-state index contributed by atoms with van der Waals surface area (Å²) in [6.45, 7) is 1.18. The van der Waals surface area contributed by atoms with Crippen LogP contribution in [-0.2, 0) is 27.2 Å². The summed E-state index contributed by atoms with van der Waals surface area (Å²) in [5.74, 6) is -0.274. The first-order valence-corrected chi connectivity index (χ1v) is 11.1. The largest absolute Gasteiger partial charge is 0.379 e. The number of aromatic nitrogens is 4. The fourth-order valence-electron chi connectivity index (χ4n) is 4.80. The molecular weight excluding hydrogens is 431 g/mol. The van der Waals surface area contributed by atoms with Crippen molar-refractivity contribution in [1.29, 1.82) is 0 Å². The van der Waals surface area contributed by atoms with E-state index in [1.807, 2.05) is 41.7 Å². The van der Waals surface area contributed by atoms with Gasteiger partial charge in [0, 0.05) is 66.3 Å². The number of fused-ring (bicyclic) bond motifs is 2. The molecule has 0 bridgehead atoms. The number of nitrogens with zero attached hydrogens (tertiary/aromatic N) is 4. The van der Waals surface area contributed by atoms with Crippen LogP contribution >= 0.6 is 0 Å². The molecule has 4 heterocycles. The molecule has 8 heteroatoms. The maximum absolute atomic E-state index is 13.7. The maximum atomic E-state index is 13.7. The lowest BCUT2D eigenvalue weighted by molar-refractivity contribution is 0.627. The van der Waals surface area contributed by atoms with Gasteiger partial charge in [-0.25, -0.2) is 9.37 Å². The van der Waals surface area contributed by atoms with Crippen molar-refractivity contribution < 1.29 is 4.39 Å². The van der Waals surface area contributed by atoms with Crippen LogP contribution in [0.4, 0.5) is 21.5 Å². The van der Waals surface area contributed by atoms with Crippen LogP contribution < -0.4 is 15.8 Å². The average Bonchev–Trinajstić information content (AvgIpc) is 3.37. The molecule has 0 saturated carbocycles. The maximum Gasteiger partial charge on any atom is 0.272 e. The van der Waals surface area contributed by atoms with E-state index in [4.69, 9.17) is 0 Å². The monoisotopic (exact) mass is 454 g/mol. The zero-order valence-corrected chi connectivity index (χ0v) is 18.8. The van der Waals surface area contributed by atoms with Gasteiger partial charge in [0.25, 0.3) is 5.56 Å². The molecule has 0 fully saturated rings. The lowest BCUT2D eigenvalue weighted by atomic mass is 10.0. The fraction of sp³-hybridized carbons (Fsp3) is 0.154. The number of nitrogens with one attached hydrogen (secondary N) is 2. The summed E-state index contributed by atoms with van der Waals surface area (Å²) in [7, 11) is 3.87. The number of anilines is 3. The van der Waals surface area contributed by atoms with Crippen LogP contribution in [0.15, 0.2) is 72.2 Å². The molecule has 2 aromatic carbocycles. The van der Waals surface area contributed by atoms with E-state index in [1.54, 1.807) is 24.7 Å². The highest BCUT2D eigenvalue weighted by molar-refractivity contribution is 6.03. The van der Waals surface area contributed by atoms with Gasteiger partial charge in [-0.1, -0.05) is 0 Å². The Hall–Kier alpha value is -4.33. The number of aryl methyl sites for hydroxylation is 2. The molecule has 5 aromatic rings. The molecule has 7 nitrogen and oxygen atoms in total. The minimum atomic E-state index is -0.274. The van der Waals surface area contributed by atoms with Gasteiger partial charge in [-0.05, 0) is 48.0 Å². The molecule has 170 valence electrons. The van der Waals surface area contributed by atoms with Crippen LogP contribution in [0.5, 0.6) is 0 Å². The summed E-state index contributed by atoms with van der Waals surface area (Å²) < 4.78 is 17.5. The molecule has 0 radical (unpaired) electrons. The molecule has 1 aliphatic heterocycles. The van der Waals surface area contributed by atoms with Gasteiger partial charge >= 0.3 is 0 Å². The highest BCUT2D eigenvalue weighted by atomic mass is 19.1. The Labute approximate surface area is 195 Å². The van der Waals surface area contributed by atoms with Gasteiger partial charge < -0.3 is 24.3 Å². The molecular formula is C26H23FN6O. The average molecular weight is 455 g/mol. The third kappa shape index (κ3) is 3.18. The van der Waals surface area contributed by atoms with Crippen molar-refractivity contribution in [2.45, 2.75) is 13.1 Å². The Balaban J connectivity index is 1.53. The quantitative estimate of drug-likeness (QED) is 0.414. The van der Waals surface area contributed by atoms with Crippen LogP contribution in [0.1, 0.15) is 11.3 Å². The minimum Gasteiger partial charge on any atom is -0.379 e. The van der Waals surface area contributed by atoms with Crippen molar-refractivity contribution in [1.82, 2.24) is 19.1 Å². The van der Waals surface area contributed by atoms with Crippen molar-refractivity contribution in [3.63, 3.8) is 0 Å². The lowest BCUT2D eigenvalue weighted by Gasteiger charge is -2.26. The molecule has 0 saturated heterocycles. The predicted octanol–water partition coefficient (Wildman–Crippen LogP) is 4.67. The zero-order chi connectivity index (χ0) is 23.4. The van der Waals surface area contributed by atoms with Crippen molar-refractivity contribution in [3.05, 3.63) is 94.8 Å². The number of hydrogen-bond donors (Lipinski definition) is 2. The Morgan fingerprint density at radius 1 is 1.09 bits per heavy atom. The number of rotatable bonds is 4. The zero-order valence-electron chi connectivity index (χ0n) is 18.8. The Kier molecular flexibility index (Phi) is 4.55. The molecule has 2 N–H and O–H groups in total. The number of aromatic amines is 1. The van der Waals surface area contributed by atoms with Crippen LogP contribution in [0, 0.1) is 5.82 Å². The van der Waals surface area contributed by atoms with Crippen LogP contribution in [-0.4, -0.2) is 19.1 Å². The van der Waals surface area contributed by atoms with E-state index < -0.39 is 0 Å². The summed E-state index contributed by atoms with van der Waals surface area (Å²) in [6.07, 6.45) is 7.43. The van der Waals surface area contributed by atoms with Crippen molar-refractivity contribution in [2.75, 3.05) is 10.2 Å². The van der Waals surface area contributed by atoms with Gasteiger partial charge in [-0.15, -0.1) is 0 Å². The molecule has 0 atom stereocenters. The fourth-order valence-corrected chi connectivity index (χ4v) is 4.80. The number of halogens is 1. The summed E-state index contributed by atoms with van der Waals surface area (Å²) >= 11 is 0. The van der Waals surface area contributed by atoms with Gasteiger partial charge in [0.1, 0.15) is 11.3 Å². The van der Waals surface area contributed by atoms with Crippen LogP contribution in [0.2, 0.25) is 0 Å². The summed E-state index contributed by atoms with van der Waals surface area (Å²) in [5.41, 5.74) is 7.46. The molecule has 6 rings (SSSR count). The number of pyridine rings is 1. The molecule has 3 aromatic heterocycles. The first-order valence-electron chi connectivity index (χ1n) is 11.1. The van der Waals surface area contributed by atoms with Crippen molar-refractivity contribution in [2.24, 2.45) is 14.1 Å². The second-order valence-corrected chi connectivity index (χ2v) is 8.66. The topological polar surface area (TPSA) is 70.9 Å². The van der Waals surface area contributed by atoms with E-state index in [0.717, 1.165) is 44.8 Å². The van der Waals surface area contributed by atoms with Gasteiger partial charge in [0.15, 0.2) is 0 Å². The summed E-state index contributed by atoms with van der Waals surface area (Å²) in [4.78, 5) is 21.9. The number of hydrogen-bond acceptors (Lipinski definition) is 4. The van der Waals surface area contributed by atoms with Gasteiger partial charge in [-0.3, -0.25) is 4.79 Å². The third-order valence-corrected chi connectivity index (χ3v) is 6.53. The second-order valence-electron chi connectivity index (χ2n) is 8.66. The van der Waals surface area contributed by atoms with E-state index >= 15 is 0 Å². The van der Waals surface area contributed by atoms with Crippen molar-refractivity contribution in [3.8, 4) is 11.1 Å². The van der Waals surface area contributed by atoms with E-state index in [9.17, 15) is 9.18 Å². The van der Waals surface area contributed by atoms with Gasteiger partial charge in [-0.2, -0.15) is 0 Å². The standard InChI is InChI=1S/C26H23FN6O/c1-31-14-22-21-9-18(29-12-20-11-28-15-32(20)2)5-8-23(21)33(19-6-3-17(27)4-7-19)13-16-10-30-26(34)25(31)24(16)22/h3-11,14-15,29H,12-13H2,1-2H3,(H,30,34). The highest BCUT2D eigenvalue weighted by Gasteiger charge is 2.26. The van der Waals surface area contributed by atoms with Crippen LogP contribution in [0.25, 0.3) is 22.0 Å². The van der Waals surface area contributed by atoms with Gasteiger partial charge in [0.2, 0.25) is 0 Å². The smallest absolute Gasteiger partial charge is 0.272 e. The summed E-state index contributed by atoms with van der Waals surface area (Å²) in [6, 6.07) is 12.8. The Morgan fingerprint density at radius 2 is 1.91 bits per heavy atom. The first kappa shape index (κ1) is 20.3. The number of benzene rings is 2. The highest BCUT2D eigenvalue weighted by Crippen LogP contribution is 2.44. The SMILES string of the molecule is Cn1cncc1CNc1ccc2c(c1)-c1cn(C)c3c(=O)[nH]cc(c13)CN2c1ccc(F)cc1. The molecule has 1 aliphatic rings. The van der Waals surface area contributed by atoms with Gasteiger partial charge in [0.05, 0.1) is 25.1 Å². The first-order chi connectivity index (χ1) is 16.5. The second kappa shape index (κ2) is 7.62. The van der Waals surface area contributed by atoms with E-state index in [1.165, 1.54) is 12.1 Å². The Bertz CT molecular complexity index is 1590. The predicted molar refractivity (Wildman–Crippen MR) is 132 cm³/mol. The van der Waals surface area contributed by atoms with Crippen molar-refractivity contribution >= 4 is 28.0 Å².